The lowest BCUT2D eigenvalue weighted by molar-refractivity contribution is -0.133. The number of hydrogen-bond donors (Lipinski definition) is 1. The standard InChI is InChI=1S/C24H34N4O2/c1-16(2)14-27-15-19(17-8-6-5-7-9-17)18-10-11-20(26-21(18)27)22(29)28-13-12-25-23(30)24(28,3)4/h10-11,15-17H,5-9,12-14H2,1-4H3,(H,25,30). The zero-order valence-corrected chi connectivity index (χ0v) is 18.7. The highest BCUT2D eigenvalue weighted by Gasteiger charge is 2.41. The molecule has 1 saturated heterocycles. The molecule has 1 aliphatic heterocycles. The van der Waals surface area contributed by atoms with Crippen molar-refractivity contribution in [2.24, 2.45) is 5.92 Å². The second-order valence-electron chi connectivity index (χ2n) is 9.80. The van der Waals surface area contributed by atoms with Gasteiger partial charge in [-0.25, -0.2) is 4.98 Å². The summed E-state index contributed by atoms with van der Waals surface area (Å²) in [5.41, 5.74) is 1.83. The number of piperazine rings is 1. The minimum absolute atomic E-state index is 0.119. The number of nitrogens with one attached hydrogen (secondary N) is 1. The molecule has 1 N–H and O–H groups in total. The van der Waals surface area contributed by atoms with Gasteiger partial charge in [-0.2, -0.15) is 0 Å². The average Bonchev–Trinajstić information content (AvgIpc) is 3.07. The van der Waals surface area contributed by atoms with E-state index < -0.39 is 5.54 Å². The molecular formula is C24H34N4O2. The zero-order valence-electron chi connectivity index (χ0n) is 18.7. The van der Waals surface area contributed by atoms with Gasteiger partial charge in [-0.15, -0.1) is 0 Å². The Morgan fingerprint density at radius 1 is 1.23 bits per heavy atom. The minimum Gasteiger partial charge on any atom is -0.352 e. The van der Waals surface area contributed by atoms with Crippen LogP contribution in [0.3, 0.4) is 0 Å². The number of aromatic nitrogens is 2. The van der Waals surface area contributed by atoms with Gasteiger partial charge in [-0.3, -0.25) is 9.59 Å². The Labute approximate surface area is 179 Å². The van der Waals surface area contributed by atoms with Crippen molar-refractivity contribution in [2.75, 3.05) is 13.1 Å². The van der Waals surface area contributed by atoms with Crippen LogP contribution in [0.5, 0.6) is 0 Å². The maximum absolute atomic E-state index is 13.3. The van der Waals surface area contributed by atoms with Crippen molar-refractivity contribution < 1.29 is 9.59 Å². The highest BCUT2D eigenvalue weighted by atomic mass is 16.2. The molecule has 2 aromatic rings. The molecule has 2 amide bonds. The summed E-state index contributed by atoms with van der Waals surface area (Å²) >= 11 is 0. The normalized spacial score (nSPS) is 20.0. The molecule has 3 heterocycles. The highest BCUT2D eigenvalue weighted by Crippen LogP contribution is 2.37. The molecular weight excluding hydrogens is 376 g/mol. The maximum Gasteiger partial charge on any atom is 0.273 e. The molecule has 4 rings (SSSR count). The van der Waals surface area contributed by atoms with Crippen molar-refractivity contribution >= 4 is 22.8 Å². The van der Waals surface area contributed by atoms with Crippen LogP contribution in [-0.2, 0) is 11.3 Å². The van der Waals surface area contributed by atoms with Crippen molar-refractivity contribution in [3.8, 4) is 0 Å². The number of carbonyl (C=O) groups is 2. The molecule has 6 heteroatoms. The molecule has 1 aliphatic carbocycles. The molecule has 0 spiro atoms. The Morgan fingerprint density at radius 2 is 1.97 bits per heavy atom. The molecule has 2 aliphatic rings. The van der Waals surface area contributed by atoms with E-state index in [1.54, 1.807) is 18.7 Å². The monoisotopic (exact) mass is 410 g/mol. The summed E-state index contributed by atoms with van der Waals surface area (Å²) < 4.78 is 2.23. The van der Waals surface area contributed by atoms with Gasteiger partial charge in [0, 0.05) is 31.2 Å². The lowest BCUT2D eigenvalue weighted by atomic mass is 9.84. The maximum atomic E-state index is 13.3. The number of nitrogens with zero attached hydrogens (tertiary/aromatic N) is 3. The first kappa shape index (κ1) is 20.9. The van der Waals surface area contributed by atoms with Gasteiger partial charge in [0.15, 0.2) is 0 Å². The molecule has 2 fully saturated rings. The van der Waals surface area contributed by atoms with E-state index in [9.17, 15) is 9.59 Å². The number of carbonyl (C=O) groups excluding carboxylic acids is 2. The Kier molecular flexibility index (Phi) is 5.60. The third-order valence-electron chi connectivity index (χ3n) is 6.68. The second-order valence-corrected chi connectivity index (χ2v) is 9.80. The van der Waals surface area contributed by atoms with Gasteiger partial charge < -0.3 is 14.8 Å². The number of hydrogen-bond acceptors (Lipinski definition) is 3. The van der Waals surface area contributed by atoms with Crippen LogP contribution in [0.2, 0.25) is 0 Å². The van der Waals surface area contributed by atoms with Crippen molar-refractivity contribution in [3.05, 3.63) is 29.6 Å². The summed E-state index contributed by atoms with van der Waals surface area (Å²) in [4.78, 5) is 32.1. The fraction of sp³-hybridized carbons (Fsp3) is 0.625. The molecule has 0 bridgehead atoms. The minimum atomic E-state index is -0.876. The van der Waals surface area contributed by atoms with Crippen LogP contribution < -0.4 is 5.32 Å². The summed E-state index contributed by atoms with van der Waals surface area (Å²) in [6.45, 7) is 9.85. The lowest BCUT2D eigenvalue weighted by Crippen LogP contribution is -2.63. The van der Waals surface area contributed by atoms with Crippen LogP contribution in [0.25, 0.3) is 11.0 Å². The molecule has 6 nitrogen and oxygen atoms in total. The smallest absolute Gasteiger partial charge is 0.273 e. The van der Waals surface area contributed by atoms with E-state index in [0.717, 1.165) is 12.2 Å². The van der Waals surface area contributed by atoms with Crippen molar-refractivity contribution in [2.45, 2.75) is 77.8 Å². The molecule has 0 aromatic carbocycles. The van der Waals surface area contributed by atoms with E-state index in [2.05, 4.69) is 36.0 Å². The van der Waals surface area contributed by atoms with Crippen LogP contribution in [-0.4, -0.2) is 44.9 Å². The predicted octanol–water partition coefficient (Wildman–Crippen LogP) is 4.09. The number of pyridine rings is 1. The third kappa shape index (κ3) is 3.72. The van der Waals surface area contributed by atoms with Crippen LogP contribution in [0.1, 0.15) is 81.8 Å². The Hall–Kier alpha value is -2.37. The van der Waals surface area contributed by atoms with E-state index in [0.29, 0.717) is 30.6 Å². The molecule has 0 unspecified atom stereocenters. The number of fused-ring (bicyclic) bond motifs is 1. The van der Waals surface area contributed by atoms with E-state index in [1.807, 2.05) is 6.07 Å². The largest absolute Gasteiger partial charge is 0.352 e. The summed E-state index contributed by atoms with van der Waals surface area (Å²) in [5, 5.41) is 4.03. The molecule has 2 aromatic heterocycles. The van der Waals surface area contributed by atoms with Gasteiger partial charge >= 0.3 is 0 Å². The van der Waals surface area contributed by atoms with Crippen molar-refractivity contribution in [3.63, 3.8) is 0 Å². The SMILES string of the molecule is CC(C)Cn1cc(C2CCCCC2)c2ccc(C(=O)N3CCNC(=O)C3(C)C)nc21. The average molecular weight is 411 g/mol. The summed E-state index contributed by atoms with van der Waals surface area (Å²) in [6.07, 6.45) is 8.66. The zero-order chi connectivity index (χ0) is 21.5. The highest BCUT2D eigenvalue weighted by molar-refractivity contribution is 5.99. The summed E-state index contributed by atoms with van der Waals surface area (Å²) in [6, 6.07) is 3.92. The third-order valence-corrected chi connectivity index (χ3v) is 6.68. The number of rotatable bonds is 4. The van der Waals surface area contributed by atoms with Crippen LogP contribution in [0.15, 0.2) is 18.3 Å². The van der Waals surface area contributed by atoms with E-state index in [1.165, 1.54) is 43.1 Å². The first-order valence-corrected chi connectivity index (χ1v) is 11.4. The van der Waals surface area contributed by atoms with Crippen LogP contribution >= 0.6 is 0 Å². The first-order chi connectivity index (χ1) is 14.3. The molecule has 162 valence electrons. The quantitative estimate of drug-likeness (QED) is 0.825. The number of amides is 2. The van der Waals surface area contributed by atoms with Gasteiger partial charge in [0.1, 0.15) is 16.9 Å². The lowest BCUT2D eigenvalue weighted by Gasteiger charge is -2.40. The fourth-order valence-electron chi connectivity index (χ4n) is 4.98. The van der Waals surface area contributed by atoms with Crippen molar-refractivity contribution in [1.29, 1.82) is 0 Å². The van der Waals surface area contributed by atoms with Gasteiger partial charge in [0.2, 0.25) is 5.91 Å². The topological polar surface area (TPSA) is 67.2 Å². The molecule has 1 saturated carbocycles. The Bertz CT molecular complexity index is 954. The van der Waals surface area contributed by atoms with Crippen molar-refractivity contribution in [1.82, 2.24) is 19.8 Å². The van der Waals surface area contributed by atoms with Gasteiger partial charge in [-0.1, -0.05) is 33.1 Å². The van der Waals surface area contributed by atoms with E-state index >= 15 is 0 Å². The fourth-order valence-corrected chi connectivity index (χ4v) is 4.98. The molecule has 30 heavy (non-hydrogen) atoms. The van der Waals surface area contributed by atoms with E-state index in [4.69, 9.17) is 4.98 Å². The van der Waals surface area contributed by atoms with E-state index in [-0.39, 0.29) is 11.8 Å². The first-order valence-electron chi connectivity index (χ1n) is 11.4. The predicted molar refractivity (Wildman–Crippen MR) is 119 cm³/mol. The molecule has 0 radical (unpaired) electrons. The van der Waals surface area contributed by atoms with Gasteiger partial charge in [0.25, 0.3) is 5.91 Å². The van der Waals surface area contributed by atoms with Gasteiger partial charge in [0.05, 0.1) is 0 Å². The van der Waals surface area contributed by atoms with Crippen LogP contribution in [0.4, 0.5) is 0 Å². The molecule has 0 atom stereocenters. The summed E-state index contributed by atoms with van der Waals surface area (Å²) in [5.74, 6) is 0.785. The summed E-state index contributed by atoms with van der Waals surface area (Å²) in [7, 11) is 0. The van der Waals surface area contributed by atoms with Crippen LogP contribution in [0, 0.1) is 5.92 Å². The Morgan fingerprint density at radius 3 is 2.67 bits per heavy atom. The Balaban J connectivity index is 1.73. The van der Waals surface area contributed by atoms with Gasteiger partial charge in [-0.05, 0) is 56.2 Å². The second kappa shape index (κ2) is 8.05.